The Morgan fingerprint density at radius 3 is 2.67 bits per heavy atom. The molecule has 5 rings (SSSR count). The van der Waals surface area contributed by atoms with Crippen LogP contribution in [0.2, 0.25) is 0 Å². The molecule has 3 aromatic rings. The molecule has 180 valence electrons. The van der Waals surface area contributed by atoms with E-state index in [0.717, 1.165) is 53.7 Å². The fourth-order valence-corrected chi connectivity index (χ4v) is 4.74. The molecule has 0 amide bonds. The van der Waals surface area contributed by atoms with Crippen molar-refractivity contribution < 1.29 is 4.74 Å². The van der Waals surface area contributed by atoms with E-state index in [1.54, 1.807) is 0 Å². The van der Waals surface area contributed by atoms with Crippen molar-refractivity contribution in [1.29, 1.82) is 0 Å². The summed E-state index contributed by atoms with van der Waals surface area (Å²) in [4.78, 5) is 19.9. The largest absolute Gasteiger partial charge is 0.377 e. The van der Waals surface area contributed by atoms with Gasteiger partial charge in [-0.15, -0.1) is 0 Å². The number of nitrogens with zero attached hydrogens (tertiary/aromatic N) is 4. The van der Waals surface area contributed by atoms with Crippen molar-refractivity contribution in [3.8, 4) is 11.4 Å². The average molecular weight is 471 g/mol. The summed E-state index contributed by atoms with van der Waals surface area (Å²) in [5.41, 5.74) is 8.18. The molecular weight excluding hydrogens is 432 g/mol. The van der Waals surface area contributed by atoms with Gasteiger partial charge < -0.3 is 20.4 Å². The van der Waals surface area contributed by atoms with Gasteiger partial charge in [0.25, 0.3) is 0 Å². The van der Waals surface area contributed by atoms with Crippen LogP contribution >= 0.6 is 11.8 Å². The van der Waals surface area contributed by atoms with Crippen LogP contribution in [0.3, 0.4) is 0 Å². The number of pyridine rings is 1. The minimum absolute atomic E-state index is 0.314. The van der Waals surface area contributed by atoms with Gasteiger partial charge in [0.15, 0.2) is 5.82 Å². The third-order valence-electron chi connectivity index (χ3n) is 5.51. The predicted molar refractivity (Wildman–Crippen MR) is 140 cm³/mol. The summed E-state index contributed by atoms with van der Waals surface area (Å²) in [6, 6.07) is 6.91. The highest BCUT2D eigenvalue weighted by atomic mass is 32.2. The first-order valence-electron chi connectivity index (χ1n) is 11.9. The lowest BCUT2D eigenvalue weighted by atomic mass is 10.1. The van der Waals surface area contributed by atoms with Gasteiger partial charge in [0.2, 0.25) is 0 Å². The van der Waals surface area contributed by atoms with Crippen LogP contribution in [0.15, 0.2) is 30.6 Å². The van der Waals surface area contributed by atoms with Crippen molar-refractivity contribution in [3.05, 3.63) is 36.3 Å². The maximum atomic E-state index is 5.62. The van der Waals surface area contributed by atoms with Gasteiger partial charge in [0.05, 0.1) is 24.9 Å². The lowest BCUT2D eigenvalue weighted by molar-refractivity contribution is 0.0985. The van der Waals surface area contributed by atoms with E-state index in [9.17, 15) is 0 Å². The number of hydrogen-bond acceptors (Lipinski definition) is 7. The first-order chi connectivity index (χ1) is 16.0. The fourth-order valence-electron chi connectivity index (χ4n) is 3.88. The van der Waals surface area contributed by atoms with Crippen molar-refractivity contribution >= 4 is 28.6 Å². The minimum atomic E-state index is 0.314. The monoisotopic (exact) mass is 470 g/mol. The molecule has 2 fully saturated rings. The summed E-state index contributed by atoms with van der Waals surface area (Å²) < 4.78 is 5.62. The summed E-state index contributed by atoms with van der Waals surface area (Å²) in [6.07, 6.45) is 7.12. The Hall–Kier alpha value is -2.16. The van der Waals surface area contributed by atoms with Crippen LogP contribution in [0.5, 0.6) is 0 Å². The summed E-state index contributed by atoms with van der Waals surface area (Å²) >= 11 is 1.93. The van der Waals surface area contributed by atoms with E-state index in [4.69, 9.17) is 20.4 Å². The van der Waals surface area contributed by atoms with Gasteiger partial charge >= 0.3 is 0 Å². The van der Waals surface area contributed by atoms with Crippen LogP contribution in [-0.2, 0) is 4.74 Å². The highest BCUT2D eigenvalue weighted by Crippen LogP contribution is 2.48. The molecule has 3 aromatic heterocycles. The van der Waals surface area contributed by atoms with Crippen LogP contribution in [0.1, 0.15) is 52.7 Å². The zero-order valence-electron chi connectivity index (χ0n) is 20.7. The van der Waals surface area contributed by atoms with Crippen molar-refractivity contribution in [2.75, 3.05) is 30.9 Å². The highest BCUT2D eigenvalue weighted by Gasteiger charge is 2.39. The van der Waals surface area contributed by atoms with E-state index >= 15 is 0 Å². The molecule has 0 spiro atoms. The van der Waals surface area contributed by atoms with Gasteiger partial charge in [-0.3, -0.25) is 0 Å². The molecule has 33 heavy (non-hydrogen) atoms. The summed E-state index contributed by atoms with van der Waals surface area (Å²) in [5, 5.41) is 1.74. The molecule has 7 nitrogen and oxygen atoms in total. The zero-order chi connectivity index (χ0) is 24.0. The molecule has 8 heteroatoms. The number of anilines is 1. The van der Waals surface area contributed by atoms with Crippen LogP contribution in [0, 0.1) is 0 Å². The molecule has 1 saturated heterocycles. The number of nitrogens with one attached hydrogen (secondary N) is 1. The number of fused-ring (bicyclic) bond motifs is 1. The van der Waals surface area contributed by atoms with E-state index in [-0.39, 0.29) is 0 Å². The Kier molecular flexibility index (Phi) is 9.11. The number of H-pyrrole nitrogens is 1. The molecule has 3 N–H and O–H groups in total. The number of aromatic amines is 1. The molecule has 4 heterocycles. The highest BCUT2D eigenvalue weighted by molar-refractivity contribution is 7.99. The van der Waals surface area contributed by atoms with Crippen LogP contribution in [-0.4, -0.2) is 63.3 Å². The first-order valence-corrected chi connectivity index (χ1v) is 13.2. The van der Waals surface area contributed by atoms with Gasteiger partial charge in [-0.1, -0.05) is 27.7 Å². The third-order valence-corrected chi connectivity index (χ3v) is 6.64. The van der Waals surface area contributed by atoms with Crippen molar-refractivity contribution in [1.82, 2.24) is 19.9 Å². The molecule has 1 aliphatic carbocycles. The summed E-state index contributed by atoms with van der Waals surface area (Å²) in [7, 11) is 0. The molecule has 3 unspecified atom stereocenters. The number of rotatable bonds is 4. The van der Waals surface area contributed by atoms with Crippen molar-refractivity contribution in [3.63, 3.8) is 0 Å². The van der Waals surface area contributed by atoms with Gasteiger partial charge in [-0.05, 0) is 37.8 Å². The van der Waals surface area contributed by atoms with Gasteiger partial charge in [-0.2, -0.15) is 11.8 Å². The first kappa shape index (κ1) is 25.5. The van der Waals surface area contributed by atoms with E-state index in [2.05, 4.69) is 34.1 Å². The SMILES string of the molecule is CC.CC(C)N.CSC1CC1c1cc(N2CCOCC2C)nc(-c2ccnc3[nH]ccc23)n1. The normalized spacial score (nSPS) is 21.8. The Morgan fingerprint density at radius 1 is 1.24 bits per heavy atom. The molecule has 0 radical (unpaired) electrons. The average Bonchev–Trinajstić information content (AvgIpc) is 3.46. The van der Waals surface area contributed by atoms with Gasteiger partial charge in [-0.25, -0.2) is 15.0 Å². The van der Waals surface area contributed by atoms with E-state index < -0.39 is 0 Å². The van der Waals surface area contributed by atoms with E-state index in [1.165, 1.54) is 6.42 Å². The van der Waals surface area contributed by atoms with Crippen molar-refractivity contribution in [2.45, 2.75) is 64.3 Å². The second kappa shape index (κ2) is 11.8. The maximum absolute atomic E-state index is 5.62. The smallest absolute Gasteiger partial charge is 0.162 e. The molecule has 1 saturated carbocycles. The van der Waals surface area contributed by atoms with Crippen LogP contribution in [0.4, 0.5) is 5.82 Å². The fraction of sp³-hybridized carbons (Fsp3) is 0.560. The second-order valence-electron chi connectivity index (χ2n) is 8.55. The van der Waals surface area contributed by atoms with E-state index in [1.807, 2.05) is 64.0 Å². The maximum Gasteiger partial charge on any atom is 0.162 e. The lowest BCUT2D eigenvalue weighted by Gasteiger charge is -2.34. The molecule has 0 bridgehead atoms. The molecule has 2 aliphatic rings. The number of ether oxygens (including phenoxy) is 1. The molecule has 3 atom stereocenters. The predicted octanol–water partition coefficient (Wildman–Crippen LogP) is 4.84. The Labute approximate surface area is 201 Å². The summed E-state index contributed by atoms with van der Waals surface area (Å²) in [6.45, 7) is 12.4. The summed E-state index contributed by atoms with van der Waals surface area (Å²) in [5.74, 6) is 2.33. The van der Waals surface area contributed by atoms with Crippen LogP contribution in [0.25, 0.3) is 22.4 Å². The topological polar surface area (TPSA) is 93.0 Å². The molecule has 1 aliphatic heterocycles. The number of aromatic nitrogens is 4. The molecule has 0 aromatic carbocycles. The minimum Gasteiger partial charge on any atom is -0.377 e. The number of morpholine rings is 1. The van der Waals surface area contributed by atoms with E-state index in [0.29, 0.717) is 23.3 Å². The molecular formula is C25H38N6OS. The third kappa shape index (κ3) is 6.25. The zero-order valence-corrected chi connectivity index (χ0v) is 21.5. The Balaban J connectivity index is 0.000000464. The number of hydrogen-bond donors (Lipinski definition) is 2. The quantitative estimate of drug-likeness (QED) is 0.563. The Morgan fingerprint density at radius 2 is 2.00 bits per heavy atom. The standard InChI is InChI=1S/C20H23N5OS.C3H9N.C2H6/c1-12-11-26-8-7-25(12)18-10-16(15-9-17(15)27-2)23-20(24-18)14-4-6-22-19-13(14)3-5-21-19;1-3(2)4;1-2/h3-6,10,12,15,17H,7-9,11H2,1-2H3,(H,21,22);3H,4H2,1-2H3;1-2H3. The van der Waals surface area contributed by atoms with Gasteiger partial charge in [0.1, 0.15) is 11.5 Å². The Bertz CT molecular complexity index is 1020. The van der Waals surface area contributed by atoms with Crippen molar-refractivity contribution in [2.24, 2.45) is 5.73 Å². The number of thioether (sulfide) groups is 1. The van der Waals surface area contributed by atoms with Gasteiger partial charge in [0, 0.05) is 47.1 Å². The second-order valence-corrected chi connectivity index (χ2v) is 9.63. The van der Waals surface area contributed by atoms with Crippen LogP contribution < -0.4 is 10.6 Å². The lowest BCUT2D eigenvalue weighted by Crippen LogP contribution is -2.44. The number of nitrogens with two attached hydrogens (primary N) is 1.